The first-order chi connectivity index (χ1) is 3.31. The summed E-state index contributed by atoms with van der Waals surface area (Å²) in [6.07, 6.45) is 0.369. The molecule has 0 aliphatic heterocycles. The molecule has 0 saturated heterocycles. The average Bonchev–Trinajstić information content (AvgIpc) is 1.68. The van der Waals surface area contributed by atoms with E-state index in [1.54, 1.807) is 0 Å². The maximum atomic E-state index is 8.56. The molecule has 0 heterocycles. The number of hydrogen-bond donors (Lipinski definition) is 2. The molecule has 1 unspecified atom stereocenters. The van der Waals surface area contributed by atoms with E-state index in [0.29, 0.717) is 6.42 Å². The standard InChI is InChI=1S/C3H7O2S2/c4-2-1-3(5)7-6/h3-5H,1-2H2. The van der Waals surface area contributed by atoms with E-state index in [2.05, 4.69) is 11.7 Å². The Morgan fingerprint density at radius 1 is 1.71 bits per heavy atom. The normalized spacial score (nSPS) is 14.1. The van der Waals surface area contributed by atoms with E-state index in [1.807, 2.05) is 0 Å². The lowest BCUT2D eigenvalue weighted by molar-refractivity contribution is 0.199. The fourth-order valence-electron chi connectivity index (χ4n) is 0.159. The lowest BCUT2D eigenvalue weighted by atomic mass is 10.5. The van der Waals surface area contributed by atoms with Gasteiger partial charge in [-0.25, -0.2) is 0 Å². The first-order valence-corrected chi connectivity index (χ1v) is 3.69. The highest BCUT2D eigenvalue weighted by molar-refractivity contribution is 8.68. The number of aliphatic hydroxyl groups is 2. The molecule has 1 radical (unpaired) electrons. The molecule has 0 spiro atoms. The van der Waals surface area contributed by atoms with E-state index in [4.69, 9.17) is 10.2 Å². The first kappa shape index (κ1) is 7.62. The Labute approximate surface area is 51.7 Å². The van der Waals surface area contributed by atoms with Crippen LogP contribution in [0.15, 0.2) is 0 Å². The molecular formula is C3H7O2S2. The van der Waals surface area contributed by atoms with Gasteiger partial charge in [-0.2, -0.15) is 0 Å². The van der Waals surface area contributed by atoms with Crippen LogP contribution in [0.1, 0.15) is 6.42 Å². The van der Waals surface area contributed by atoms with Crippen molar-refractivity contribution < 1.29 is 10.2 Å². The first-order valence-electron chi connectivity index (χ1n) is 1.89. The summed E-state index contributed by atoms with van der Waals surface area (Å²) in [7, 11) is 0.928. The highest BCUT2D eigenvalue weighted by Crippen LogP contribution is 2.13. The van der Waals surface area contributed by atoms with Crippen LogP contribution in [-0.2, 0) is 0 Å². The molecule has 0 saturated carbocycles. The summed E-state index contributed by atoms with van der Waals surface area (Å²) in [5.41, 5.74) is -0.569. The second-order valence-corrected chi connectivity index (χ2v) is 2.38. The van der Waals surface area contributed by atoms with Crippen LogP contribution in [0.25, 0.3) is 0 Å². The van der Waals surface area contributed by atoms with Gasteiger partial charge in [0.05, 0.1) is 0 Å². The van der Waals surface area contributed by atoms with E-state index in [-0.39, 0.29) is 6.61 Å². The van der Waals surface area contributed by atoms with Gasteiger partial charge >= 0.3 is 0 Å². The average molecular weight is 139 g/mol. The number of rotatable bonds is 3. The van der Waals surface area contributed by atoms with Gasteiger partial charge in [-0.15, -0.1) is 0 Å². The molecule has 2 N–H and O–H groups in total. The fourth-order valence-corrected chi connectivity index (χ4v) is 0.649. The maximum absolute atomic E-state index is 8.56. The quantitative estimate of drug-likeness (QED) is 0.442. The largest absolute Gasteiger partial charge is 0.396 e. The van der Waals surface area contributed by atoms with E-state index in [1.165, 1.54) is 0 Å². The highest BCUT2D eigenvalue weighted by Gasteiger charge is 1.97. The van der Waals surface area contributed by atoms with E-state index in [0.717, 1.165) is 10.8 Å². The Morgan fingerprint density at radius 3 is 2.43 bits per heavy atom. The Kier molecular flexibility index (Phi) is 5.19. The topological polar surface area (TPSA) is 40.5 Å². The molecule has 43 valence electrons. The van der Waals surface area contributed by atoms with Crippen LogP contribution in [0.3, 0.4) is 0 Å². The van der Waals surface area contributed by atoms with Crippen molar-refractivity contribution in [3.63, 3.8) is 0 Å². The van der Waals surface area contributed by atoms with Crippen molar-refractivity contribution in [2.24, 2.45) is 0 Å². The minimum absolute atomic E-state index is 0.00477. The van der Waals surface area contributed by atoms with E-state index >= 15 is 0 Å². The van der Waals surface area contributed by atoms with Gasteiger partial charge in [0.2, 0.25) is 0 Å². The van der Waals surface area contributed by atoms with Gasteiger partial charge in [0.1, 0.15) is 5.44 Å². The monoisotopic (exact) mass is 139 g/mol. The highest BCUT2D eigenvalue weighted by atomic mass is 33.1. The van der Waals surface area contributed by atoms with Gasteiger partial charge in [-0.1, -0.05) is 0 Å². The molecular weight excluding hydrogens is 132 g/mol. The molecule has 0 aromatic carbocycles. The predicted molar refractivity (Wildman–Crippen MR) is 32.9 cm³/mol. The van der Waals surface area contributed by atoms with Crippen LogP contribution in [0.2, 0.25) is 0 Å². The van der Waals surface area contributed by atoms with Crippen molar-refractivity contribution in [1.82, 2.24) is 0 Å². The van der Waals surface area contributed by atoms with Crippen molar-refractivity contribution in [1.29, 1.82) is 0 Å². The SMILES string of the molecule is OCCC(O)S[S]. The summed E-state index contributed by atoms with van der Waals surface area (Å²) in [4.78, 5) is 0. The van der Waals surface area contributed by atoms with Crippen LogP contribution >= 0.6 is 22.5 Å². The lowest BCUT2D eigenvalue weighted by Crippen LogP contribution is -1.99. The zero-order valence-electron chi connectivity index (χ0n) is 3.70. The van der Waals surface area contributed by atoms with E-state index in [9.17, 15) is 0 Å². The molecule has 0 aromatic heterocycles. The lowest BCUT2D eigenvalue weighted by Gasteiger charge is -1.99. The molecule has 0 amide bonds. The maximum Gasteiger partial charge on any atom is 0.112 e. The smallest absolute Gasteiger partial charge is 0.112 e. The van der Waals surface area contributed by atoms with Crippen molar-refractivity contribution in [2.45, 2.75) is 11.9 Å². The van der Waals surface area contributed by atoms with E-state index < -0.39 is 5.44 Å². The minimum atomic E-state index is -0.569. The summed E-state index contributed by atoms with van der Waals surface area (Å²) in [5.74, 6) is 0. The van der Waals surface area contributed by atoms with Crippen molar-refractivity contribution in [3.05, 3.63) is 0 Å². The Balaban J connectivity index is 2.83. The summed E-state index contributed by atoms with van der Waals surface area (Å²) >= 11 is 4.40. The summed E-state index contributed by atoms with van der Waals surface area (Å²) < 4.78 is 0. The fraction of sp³-hybridized carbons (Fsp3) is 1.00. The van der Waals surface area contributed by atoms with Gasteiger partial charge in [-0.05, 0) is 22.5 Å². The molecule has 1 atom stereocenters. The second-order valence-electron chi connectivity index (χ2n) is 1.06. The molecule has 0 aromatic rings. The van der Waals surface area contributed by atoms with Crippen molar-refractivity contribution in [3.8, 4) is 0 Å². The third-order valence-electron chi connectivity index (χ3n) is 0.487. The van der Waals surface area contributed by atoms with Gasteiger partial charge in [-0.3, -0.25) is 0 Å². The Morgan fingerprint density at radius 2 is 2.29 bits per heavy atom. The Hall–Kier alpha value is 0.620. The molecule has 7 heavy (non-hydrogen) atoms. The third kappa shape index (κ3) is 4.47. The second kappa shape index (κ2) is 4.77. The van der Waals surface area contributed by atoms with Crippen molar-refractivity contribution >= 4 is 22.5 Å². The molecule has 2 nitrogen and oxygen atoms in total. The van der Waals surface area contributed by atoms with Crippen LogP contribution in [0.4, 0.5) is 0 Å². The molecule has 0 aliphatic rings. The van der Waals surface area contributed by atoms with Crippen LogP contribution in [-0.4, -0.2) is 22.3 Å². The zero-order valence-corrected chi connectivity index (χ0v) is 5.34. The zero-order chi connectivity index (χ0) is 5.70. The summed E-state index contributed by atoms with van der Waals surface area (Å²) in [5, 5.41) is 16.7. The van der Waals surface area contributed by atoms with Gasteiger partial charge in [0.25, 0.3) is 0 Å². The Bertz CT molecular complexity index is 41.9. The third-order valence-corrected chi connectivity index (χ3v) is 1.61. The molecule has 0 rings (SSSR count). The summed E-state index contributed by atoms with van der Waals surface area (Å²) in [6, 6.07) is 0. The van der Waals surface area contributed by atoms with Gasteiger partial charge in [0.15, 0.2) is 0 Å². The predicted octanol–water partition coefficient (Wildman–Crippen LogP) is 0.533. The van der Waals surface area contributed by atoms with Crippen LogP contribution in [0.5, 0.6) is 0 Å². The molecule has 0 bridgehead atoms. The molecule has 0 fully saturated rings. The van der Waals surface area contributed by atoms with Crippen LogP contribution < -0.4 is 0 Å². The molecule has 4 heteroatoms. The number of hydrogen-bond acceptors (Lipinski definition) is 3. The van der Waals surface area contributed by atoms with Gasteiger partial charge < -0.3 is 10.2 Å². The minimum Gasteiger partial charge on any atom is -0.396 e. The van der Waals surface area contributed by atoms with Crippen molar-refractivity contribution in [2.75, 3.05) is 6.61 Å². The summed E-state index contributed by atoms with van der Waals surface area (Å²) in [6.45, 7) is 0.00477. The van der Waals surface area contributed by atoms with Crippen LogP contribution in [0, 0.1) is 0 Å². The number of aliphatic hydroxyl groups excluding tert-OH is 2. The molecule has 0 aliphatic carbocycles. The van der Waals surface area contributed by atoms with Gasteiger partial charge in [0, 0.05) is 13.0 Å².